The Morgan fingerprint density at radius 1 is 1.16 bits per heavy atom. The second-order valence-electron chi connectivity index (χ2n) is 9.46. The van der Waals surface area contributed by atoms with Crippen molar-refractivity contribution in [1.29, 1.82) is 0 Å². The summed E-state index contributed by atoms with van der Waals surface area (Å²) in [7, 11) is 0.889. The maximum absolute atomic E-state index is 14.2. The molecule has 0 spiro atoms. The number of rotatable bonds is 7. The first-order chi connectivity index (χ1) is 15.0. The van der Waals surface area contributed by atoms with Gasteiger partial charge in [0.25, 0.3) is 5.91 Å². The van der Waals surface area contributed by atoms with Crippen molar-refractivity contribution in [2.75, 3.05) is 7.11 Å². The van der Waals surface area contributed by atoms with Crippen molar-refractivity contribution in [1.82, 2.24) is 0 Å². The highest BCUT2D eigenvalue weighted by Gasteiger charge is 2.52. The number of ether oxygens (including phenoxy) is 2. The zero-order valence-corrected chi connectivity index (χ0v) is 19.2. The molecule has 2 N–H and O–H groups in total. The minimum absolute atomic E-state index is 0.0193. The molecule has 4 rings (SSSR count). The van der Waals surface area contributed by atoms with Crippen LogP contribution in [0.25, 0.3) is 0 Å². The summed E-state index contributed by atoms with van der Waals surface area (Å²) < 4.78 is 38.2. The predicted molar refractivity (Wildman–Crippen MR) is 120 cm³/mol. The van der Waals surface area contributed by atoms with Gasteiger partial charge in [-0.25, -0.2) is 4.39 Å². The van der Waals surface area contributed by atoms with Crippen LogP contribution in [0.4, 0.5) is 4.39 Å². The SMILES string of the molecule is COc1c(Cc2ccc(B3OC(C)(C)C(C)(C)O3)c(OC3CC3)c2)cc(F)cc1C(N)=O. The Balaban J connectivity index is 1.68. The highest BCUT2D eigenvalue weighted by Crippen LogP contribution is 2.38. The molecular formula is C24H29BFNO5. The highest BCUT2D eigenvalue weighted by molar-refractivity contribution is 6.63. The number of nitrogens with two attached hydrogens (primary N) is 1. The quantitative estimate of drug-likeness (QED) is 0.667. The van der Waals surface area contributed by atoms with E-state index in [1.165, 1.54) is 13.2 Å². The highest BCUT2D eigenvalue weighted by atomic mass is 19.1. The van der Waals surface area contributed by atoms with Gasteiger partial charge in [0.1, 0.15) is 17.3 Å². The molecule has 0 atom stereocenters. The Hall–Kier alpha value is -2.58. The number of halogens is 1. The van der Waals surface area contributed by atoms with E-state index in [1.54, 1.807) is 0 Å². The molecule has 1 saturated heterocycles. The molecule has 2 aromatic rings. The first kappa shape index (κ1) is 22.6. The van der Waals surface area contributed by atoms with Crippen LogP contribution in [0, 0.1) is 5.82 Å². The lowest BCUT2D eigenvalue weighted by atomic mass is 9.77. The fourth-order valence-corrected chi connectivity index (χ4v) is 3.75. The van der Waals surface area contributed by atoms with Gasteiger partial charge in [-0.2, -0.15) is 0 Å². The maximum atomic E-state index is 14.2. The zero-order valence-electron chi connectivity index (χ0n) is 19.2. The Morgan fingerprint density at radius 3 is 2.38 bits per heavy atom. The third-order valence-electron chi connectivity index (χ3n) is 6.40. The van der Waals surface area contributed by atoms with E-state index in [4.69, 9.17) is 24.5 Å². The summed E-state index contributed by atoms with van der Waals surface area (Å²) >= 11 is 0. The molecule has 8 heteroatoms. The summed E-state index contributed by atoms with van der Waals surface area (Å²) in [5, 5.41) is 0. The number of hydrogen-bond donors (Lipinski definition) is 1. The average Bonchev–Trinajstić information content (AvgIpc) is 3.47. The van der Waals surface area contributed by atoms with Crippen LogP contribution in [0.2, 0.25) is 0 Å². The minimum atomic E-state index is -0.739. The van der Waals surface area contributed by atoms with Crippen LogP contribution in [0.1, 0.15) is 62.0 Å². The topological polar surface area (TPSA) is 80.0 Å². The average molecular weight is 441 g/mol. The molecule has 2 aliphatic rings. The van der Waals surface area contributed by atoms with E-state index >= 15 is 0 Å². The van der Waals surface area contributed by atoms with Gasteiger partial charge in [-0.1, -0.05) is 12.1 Å². The van der Waals surface area contributed by atoms with E-state index in [9.17, 15) is 9.18 Å². The molecule has 32 heavy (non-hydrogen) atoms. The van der Waals surface area contributed by atoms with Gasteiger partial charge in [-0.05, 0) is 64.3 Å². The smallest absolute Gasteiger partial charge is 0.496 e. The second-order valence-corrected chi connectivity index (χ2v) is 9.46. The van der Waals surface area contributed by atoms with E-state index in [0.717, 1.165) is 29.9 Å². The summed E-state index contributed by atoms with van der Waals surface area (Å²) in [6.07, 6.45) is 2.53. The van der Waals surface area contributed by atoms with Gasteiger partial charge in [-0.3, -0.25) is 4.79 Å². The zero-order chi connectivity index (χ0) is 23.3. The molecule has 0 unspecified atom stereocenters. The lowest BCUT2D eigenvalue weighted by Gasteiger charge is -2.32. The summed E-state index contributed by atoms with van der Waals surface area (Å²) in [5.41, 5.74) is 6.72. The molecule has 0 bridgehead atoms. The van der Waals surface area contributed by atoms with Crippen molar-refractivity contribution in [3.63, 3.8) is 0 Å². The van der Waals surface area contributed by atoms with Gasteiger partial charge >= 0.3 is 7.12 Å². The first-order valence-corrected chi connectivity index (χ1v) is 10.8. The third-order valence-corrected chi connectivity index (χ3v) is 6.40. The number of methoxy groups -OCH3 is 1. The number of primary amides is 1. The van der Waals surface area contributed by atoms with Gasteiger partial charge in [0.2, 0.25) is 0 Å². The van der Waals surface area contributed by atoms with Crippen molar-refractivity contribution < 1.29 is 28.0 Å². The van der Waals surface area contributed by atoms with Crippen molar-refractivity contribution >= 4 is 18.5 Å². The van der Waals surface area contributed by atoms with Crippen LogP contribution in [0.15, 0.2) is 30.3 Å². The standard InChI is InChI=1S/C24H29BFNO5/c1-23(2)24(3,4)32-25(31-23)19-9-6-14(11-20(19)30-17-7-8-17)10-15-12-16(26)13-18(22(27)28)21(15)29-5/h6,9,11-13,17H,7-8,10H2,1-5H3,(H2,27,28). The summed E-state index contributed by atoms with van der Waals surface area (Å²) in [4.78, 5) is 11.7. The fourth-order valence-electron chi connectivity index (χ4n) is 3.75. The number of carbonyl (C=O) groups is 1. The van der Waals surface area contributed by atoms with E-state index in [-0.39, 0.29) is 17.4 Å². The number of carbonyl (C=O) groups excluding carboxylic acids is 1. The Bertz CT molecular complexity index is 1030. The number of benzene rings is 2. The molecule has 1 amide bonds. The van der Waals surface area contributed by atoms with Gasteiger partial charge in [0.05, 0.1) is 30.0 Å². The van der Waals surface area contributed by atoms with Gasteiger partial charge in [0.15, 0.2) is 0 Å². The van der Waals surface area contributed by atoms with Gasteiger partial charge in [-0.15, -0.1) is 0 Å². The largest absolute Gasteiger partial charge is 0.498 e. The van der Waals surface area contributed by atoms with Crippen LogP contribution in [0.5, 0.6) is 11.5 Å². The molecule has 1 heterocycles. The van der Waals surface area contributed by atoms with E-state index < -0.39 is 30.0 Å². The monoisotopic (exact) mass is 441 g/mol. The number of hydrogen-bond acceptors (Lipinski definition) is 5. The van der Waals surface area contributed by atoms with Crippen molar-refractivity contribution in [2.24, 2.45) is 5.73 Å². The van der Waals surface area contributed by atoms with Crippen LogP contribution in [-0.2, 0) is 15.7 Å². The molecule has 0 aromatic heterocycles. The summed E-state index contributed by atoms with van der Waals surface area (Å²) in [5.74, 6) is -0.318. The Kier molecular flexibility index (Phi) is 5.71. The maximum Gasteiger partial charge on any atom is 0.498 e. The van der Waals surface area contributed by atoms with E-state index in [0.29, 0.717) is 17.7 Å². The molecule has 1 aliphatic carbocycles. The normalized spacial score (nSPS) is 19.1. The molecule has 1 saturated carbocycles. The van der Waals surface area contributed by atoms with E-state index in [1.807, 2.05) is 45.9 Å². The van der Waals surface area contributed by atoms with Crippen molar-refractivity contribution in [3.05, 3.63) is 52.8 Å². The lowest BCUT2D eigenvalue weighted by molar-refractivity contribution is 0.00578. The molecule has 1 aliphatic heterocycles. The van der Waals surface area contributed by atoms with Crippen LogP contribution >= 0.6 is 0 Å². The lowest BCUT2D eigenvalue weighted by Crippen LogP contribution is -2.41. The van der Waals surface area contributed by atoms with Crippen LogP contribution < -0.4 is 20.7 Å². The summed E-state index contributed by atoms with van der Waals surface area (Å²) in [6.45, 7) is 8.04. The Morgan fingerprint density at radius 2 is 1.81 bits per heavy atom. The third kappa shape index (κ3) is 4.34. The molecule has 2 aromatic carbocycles. The summed E-state index contributed by atoms with van der Waals surface area (Å²) in [6, 6.07) is 8.22. The van der Waals surface area contributed by atoms with Crippen molar-refractivity contribution in [2.45, 2.75) is 64.3 Å². The van der Waals surface area contributed by atoms with Gasteiger partial charge in [0, 0.05) is 17.4 Å². The second kappa shape index (κ2) is 8.08. The van der Waals surface area contributed by atoms with E-state index in [2.05, 4.69) is 0 Å². The van der Waals surface area contributed by atoms with Gasteiger partial charge < -0.3 is 24.5 Å². The Labute approximate surface area is 188 Å². The predicted octanol–water partition coefficient (Wildman–Crippen LogP) is 3.36. The van der Waals surface area contributed by atoms with Crippen LogP contribution in [-0.4, -0.2) is 37.4 Å². The molecule has 0 radical (unpaired) electrons. The molecule has 170 valence electrons. The molecule has 6 nitrogen and oxygen atoms in total. The van der Waals surface area contributed by atoms with Crippen molar-refractivity contribution in [3.8, 4) is 11.5 Å². The number of amides is 1. The van der Waals surface area contributed by atoms with Crippen LogP contribution in [0.3, 0.4) is 0 Å². The first-order valence-electron chi connectivity index (χ1n) is 10.8. The minimum Gasteiger partial charge on any atom is -0.496 e. The fraction of sp³-hybridized carbons (Fsp3) is 0.458. The molecular weight excluding hydrogens is 412 g/mol. The molecule has 2 fully saturated rings.